The number of piperazine rings is 1. The highest BCUT2D eigenvalue weighted by atomic mass is 79.9. The Morgan fingerprint density at radius 3 is 2.75 bits per heavy atom. The van der Waals surface area contributed by atoms with Crippen molar-refractivity contribution in [1.82, 2.24) is 10.2 Å². The highest BCUT2D eigenvalue weighted by Gasteiger charge is 2.36. The summed E-state index contributed by atoms with van der Waals surface area (Å²) in [5.74, 6) is -0.598. The van der Waals surface area contributed by atoms with Gasteiger partial charge in [-0.2, -0.15) is 0 Å². The number of rotatable bonds is 3. The van der Waals surface area contributed by atoms with E-state index in [4.69, 9.17) is 0 Å². The molecule has 0 saturated carbocycles. The molecule has 1 unspecified atom stereocenters. The summed E-state index contributed by atoms with van der Waals surface area (Å²) in [6.07, 6.45) is 0. The molecule has 20 heavy (non-hydrogen) atoms. The first-order chi connectivity index (χ1) is 9.40. The van der Waals surface area contributed by atoms with Crippen LogP contribution in [0.25, 0.3) is 0 Å². The topological polar surface area (TPSA) is 49.4 Å². The minimum Gasteiger partial charge on any atom is -0.345 e. The summed E-state index contributed by atoms with van der Waals surface area (Å²) in [5, 5.41) is 2.60. The van der Waals surface area contributed by atoms with Crippen LogP contribution in [0.15, 0.2) is 22.7 Å². The van der Waals surface area contributed by atoms with Crippen LogP contribution in [0.4, 0.5) is 4.39 Å². The number of hydrogen-bond acceptors (Lipinski definition) is 2. The van der Waals surface area contributed by atoms with Crippen LogP contribution in [-0.4, -0.2) is 29.3 Å². The Morgan fingerprint density at radius 2 is 2.15 bits per heavy atom. The molecular formula is C14H16BrFN2O2. The maximum absolute atomic E-state index is 13.1. The molecule has 0 aliphatic carbocycles. The van der Waals surface area contributed by atoms with Gasteiger partial charge in [-0.05, 0) is 23.6 Å². The van der Waals surface area contributed by atoms with Crippen LogP contribution in [0.3, 0.4) is 0 Å². The van der Waals surface area contributed by atoms with Crippen LogP contribution in [0.5, 0.6) is 0 Å². The minimum atomic E-state index is -0.492. The van der Waals surface area contributed by atoms with E-state index < -0.39 is 6.04 Å². The number of nitrogens with zero attached hydrogens (tertiary/aromatic N) is 1. The summed E-state index contributed by atoms with van der Waals surface area (Å²) in [6.45, 7) is 4.10. The van der Waals surface area contributed by atoms with Crippen LogP contribution >= 0.6 is 15.9 Å². The smallest absolute Gasteiger partial charge is 0.243 e. The zero-order valence-corrected chi connectivity index (χ0v) is 12.9. The number of amides is 2. The van der Waals surface area contributed by atoms with Gasteiger partial charge in [0, 0.05) is 11.0 Å². The first-order valence-electron chi connectivity index (χ1n) is 6.41. The van der Waals surface area contributed by atoms with Gasteiger partial charge in [0.1, 0.15) is 11.9 Å². The molecule has 0 aromatic heterocycles. The molecule has 0 radical (unpaired) electrons. The van der Waals surface area contributed by atoms with E-state index in [0.29, 0.717) is 4.47 Å². The Hall–Kier alpha value is -1.43. The van der Waals surface area contributed by atoms with E-state index in [1.807, 2.05) is 13.8 Å². The molecule has 1 aliphatic rings. The third kappa shape index (κ3) is 3.00. The summed E-state index contributed by atoms with van der Waals surface area (Å²) >= 11 is 3.29. The molecule has 1 heterocycles. The SMILES string of the molecule is CC(C)C1C(=O)NCC(=O)N1Cc1ccc(F)cc1Br. The van der Waals surface area contributed by atoms with Crippen LogP contribution < -0.4 is 5.32 Å². The summed E-state index contributed by atoms with van der Waals surface area (Å²) in [6, 6.07) is 3.83. The molecule has 6 heteroatoms. The lowest BCUT2D eigenvalue weighted by Gasteiger charge is -2.37. The molecule has 2 amide bonds. The standard InChI is InChI=1S/C14H16BrFN2O2/c1-8(2)13-14(20)17-6-12(19)18(13)7-9-3-4-10(16)5-11(9)15/h3-5,8,13H,6-7H2,1-2H3,(H,17,20). The highest BCUT2D eigenvalue weighted by molar-refractivity contribution is 9.10. The van der Waals surface area contributed by atoms with Crippen molar-refractivity contribution in [3.63, 3.8) is 0 Å². The van der Waals surface area contributed by atoms with E-state index >= 15 is 0 Å². The normalized spacial score (nSPS) is 19.4. The molecule has 1 aliphatic heterocycles. The third-order valence-electron chi connectivity index (χ3n) is 3.33. The average molecular weight is 343 g/mol. The summed E-state index contributed by atoms with van der Waals surface area (Å²) in [5.41, 5.74) is 0.778. The highest BCUT2D eigenvalue weighted by Crippen LogP contribution is 2.23. The number of halogens is 2. The van der Waals surface area contributed by atoms with E-state index in [1.165, 1.54) is 12.1 Å². The van der Waals surface area contributed by atoms with Crippen LogP contribution in [0, 0.1) is 11.7 Å². The Labute approximate surface area is 125 Å². The van der Waals surface area contributed by atoms with Gasteiger partial charge in [0.05, 0.1) is 6.54 Å². The molecule has 0 spiro atoms. The Morgan fingerprint density at radius 1 is 1.45 bits per heavy atom. The second-order valence-electron chi connectivity index (χ2n) is 5.16. The molecule has 1 fully saturated rings. The van der Waals surface area contributed by atoms with E-state index in [-0.39, 0.29) is 36.6 Å². The predicted octanol–water partition coefficient (Wildman–Crippen LogP) is 2.07. The second-order valence-corrected chi connectivity index (χ2v) is 6.02. The summed E-state index contributed by atoms with van der Waals surface area (Å²) < 4.78 is 13.7. The van der Waals surface area contributed by atoms with Gasteiger partial charge >= 0.3 is 0 Å². The number of carbonyl (C=O) groups is 2. The van der Waals surface area contributed by atoms with Crippen LogP contribution in [-0.2, 0) is 16.1 Å². The maximum atomic E-state index is 13.1. The quantitative estimate of drug-likeness (QED) is 0.914. The molecule has 2 rings (SSSR count). The minimum absolute atomic E-state index is 0.0125. The molecule has 4 nitrogen and oxygen atoms in total. The largest absolute Gasteiger partial charge is 0.345 e. The Balaban J connectivity index is 2.28. The predicted molar refractivity (Wildman–Crippen MR) is 76.3 cm³/mol. The van der Waals surface area contributed by atoms with Crippen molar-refractivity contribution in [3.8, 4) is 0 Å². The lowest BCUT2D eigenvalue weighted by molar-refractivity contribution is -0.148. The van der Waals surface area contributed by atoms with Gasteiger partial charge < -0.3 is 10.2 Å². The zero-order valence-electron chi connectivity index (χ0n) is 11.3. The van der Waals surface area contributed by atoms with Crippen molar-refractivity contribution < 1.29 is 14.0 Å². The number of hydrogen-bond donors (Lipinski definition) is 1. The van der Waals surface area contributed by atoms with Crippen molar-refractivity contribution in [3.05, 3.63) is 34.1 Å². The first-order valence-corrected chi connectivity index (χ1v) is 7.20. The average Bonchev–Trinajstić information content (AvgIpc) is 2.36. The van der Waals surface area contributed by atoms with Gasteiger partial charge in [-0.25, -0.2) is 4.39 Å². The lowest BCUT2D eigenvalue weighted by Crippen LogP contribution is -2.59. The maximum Gasteiger partial charge on any atom is 0.243 e. The van der Waals surface area contributed by atoms with E-state index in [1.54, 1.807) is 11.0 Å². The van der Waals surface area contributed by atoms with E-state index in [2.05, 4.69) is 21.2 Å². The third-order valence-corrected chi connectivity index (χ3v) is 4.06. The summed E-state index contributed by atoms with van der Waals surface area (Å²) in [7, 11) is 0. The fourth-order valence-corrected chi connectivity index (χ4v) is 2.82. The van der Waals surface area contributed by atoms with Gasteiger partial charge in [0.15, 0.2) is 0 Å². The number of benzene rings is 1. The van der Waals surface area contributed by atoms with Crippen molar-refractivity contribution in [2.45, 2.75) is 26.4 Å². The zero-order chi connectivity index (χ0) is 14.9. The van der Waals surface area contributed by atoms with Gasteiger partial charge in [0.2, 0.25) is 11.8 Å². The molecule has 0 bridgehead atoms. The summed E-state index contributed by atoms with van der Waals surface area (Å²) in [4.78, 5) is 25.6. The van der Waals surface area contributed by atoms with Gasteiger partial charge in [-0.1, -0.05) is 35.8 Å². The molecule has 1 atom stereocenters. The fraction of sp³-hybridized carbons (Fsp3) is 0.429. The first kappa shape index (κ1) is 15.0. The lowest BCUT2D eigenvalue weighted by atomic mass is 9.98. The van der Waals surface area contributed by atoms with Crippen LogP contribution in [0.1, 0.15) is 19.4 Å². The Kier molecular flexibility index (Phi) is 4.42. The van der Waals surface area contributed by atoms with Crippen molar-refractivity contribution >= 4 is 27.7 Å². The number of nitrogens with one attached hydrogen (secondary N) is 1. The van der Waals surface area contributed by atoms with Crippen molar-refractivity contribution in [2.75, 3.05) is 6.54 Å². The number of carbonyl (C=O) groups excluding carboxylic acids is 2. The molecule has 1 aromatic carbocycles. The molecular weight excluding hydrogens is 327 g/mol. The molecule has 108 valence electrons. The Bertz CT molecular complexity index is 548. The van der Waals surface area contributed by atoms with Crippen molar-refractivity contribution in [1.29, 1.82) is 0 Å². The second kappa shape index (κ2) is 5.91. The van der Waals surface area contributed by atoms with Gasteiger partial charge in [-0.15, -0.1) is 0 Å². The molecule has 1 aromatic rings. The van der Waals surface area contributed by atoms with E-state index in [9.17, 15) is 14.0 Å². The molecule has 1 saturated heterocycles. The van der Waals surface area contributed by atoms with Crippen molar-refractivity contribution in [2.24, 2.45) is 5.92 Å². The monoisotopic (exact) mass is 342 g/mol. The molecule has 1 N–H and O–H groups in total. The van der Waals surface area contributed by atoms with Gasteiger partial charge in [0.25, 0.3) is 0 Å². The van der Waals surface area contributed by atoms with Crippen LogP contribution in [0.2, 0.25) is 0 Å². The fourth-order valence-electron chi connectivity index (χ4n) is 2.35. The van der Waals surface area contributed by atoms with Gasteiger partial charge in [-0.3, -0.25) is 9.59 Å². The van der Waals surface area contributed by atoms with E-state index in [0.717, 1.165) is 5.56 Å².